The van der Waals surface area contributed by atoms with Crippen molar-refractivity contribution in [3.8, 4) is 0 Å². The number of nitrogens with zero attached hydrogens (tertiary/aromatic N) is 2. The van der Waals surface area contributed by atoms with Crippen molar-refractivity contribution in [1.82, 2.24) is 9.55 Å². The predicted octanol–water partition coefficient (Wildman–Crippen LogP) is 2.74. The third kappa shape index (κ3) is 2.74. The summed E-state index contributed by atoms with van der Waals surface area (Å²) in [7, 11) is 1.83. The Morgan fingerprint density at radius 1 is 1.47 bits per heavy atom. The number of carbonyl (C=O) groups excluding carboxylic acids is 1. The fourth-order valence-corrected chi connectivity index (χ4v) is 1.96. The van der Waals surface area contributed by atoms with Crippen LogP contribution < -0.4 is 5.32 Å². The monoisotopic (exact) mass is 293 g/mol. The number of rotatable bonds is 2. The molecular weight excluding hydrogens is 282 g/mol. The molecule has 0 unspecified atom stereocenters. The van der Waals surface area contributed by atoms with Gasteiger partial charge in [0.2, 0.25) is 0 Å². The third-order valence-corrected chi connectivity index (χ3v) is 2.87. The minimum absolute atomic E-state index is 0.198. The Balaban J connectivity index is 2.18. The molecule has 0 bridgehead atoms. The smallest absolute Gasteiger partial charge is 0.275 e. The molecule has 1 amide bonds. The molecule has 0 aliphatic heterocycles. The van der Waals surface area contributed by atoms with Crippen LogP contribution in [0.1, 0.15) is 16.1 Å². The van der Waals surface area contributed by atoms with Crippen LogP contribution in [0.25, 0.3) is 0 Å². The molecule has 0 saturated heterocycles. The first-order valence-electron chi connectivity index (χ1n) is 5.12. The van der Waals surface area contributed by atoms with Crippen molar-refractivity contribution < 1.29 is 4.79 Å². The normalized spacial score (nSPS) is 10.3. The summed E-state index contributed by atoms with van der Waals surface area (Å²) in [5, 5.41) is 2.83. The van der Waals surface area contributed by atoms with Gasteiger partial charge in [-0.15, -0.1) is 0 Å². The standard InChI is InChI=1S/C12H12BrN3O/c1-8-5-9(13)3-4-10(8)15-12(17)11-6-16(2)7-14-11/h3-7H,1-2H3,(H,15,17). The first kappa shape index (κ1) is 11.9. The second-order valence-electron chi connectivity index (χ2n) is 3.84. The van der Waals surface area contributed by atoms with Crippen LogP contribution in [0.3, 0.4) is 0 Å². The second kappa shape index (κ2) is 4.71. The zero-order valence-electron chi connectivity index (χ0n) is 9.57. The molecule has 2 aromatic rings. The maximum atomic E-state index is 11.9. The first-order chi connectivity index (χ1) is 8.06. The quantitative estimate of drug-likeness (QED) is 0.925. The number of aryl methyl sites for hydroxylation is 2. The molecule has 1 heterocycles. The highest BCUT2D eigenvalue weighted by Crippen LogP contribution is 2.20. The highest BCUT2D eigenvalue weighted by atomic mass is 79.9. The Labute approximate surface area is 108 Å². The molecule has 5 heteroatoms. The van der Waals surface area contributed by atoms with Gasteiger partial charge < -0.3 is 9.88 Å². The number of hydrogen-bond acceptors (Lipinski definition) is 2. The number of nitrogens with one attached hydrogen (secondary N) is 1. The Morgan fingerprint density at radius 3 is 2.82 bits per heavy atom. The predicted molar refractivity (Wildman–Crippen MR) is 70.0 cm³/mol. The fraction of sp³-hybridized carbons (Fsp3) is 0.167. The first-order valence-corrected chi connectivity index (χ1v) is 5.91. The lowest BCUT2D eigenvalue weighted by molar-refractivity contribution is 0.102. The van der Waals surface area contributed by atoms with Crippen molar-refractivity contribution in [1.29, 1.82) is 0 Å². The Kier molecular flexibility index (Phi) is 3.28. The van der Waals surface area contributed by atoms with Crippen LogP contribution in [0, 0.1) is 6.92 Å². The largest absolute Gasteiger partial charge is 0.340 e. The average molecular weight is 294 g/mol. The van der Waals surface area contributed by atoms with E-state index >= 15 is 0 Å². The maximum absolute atomic E-state index is 11.9. The van der Waals surface area contributed by atoms with E-state index in [4.69, 9.17) is 0 Å². The molecule has 17 heavy (non-hydrogen) atoms. The van der Waals surface area contributed by atoms with Gasteiger partial charge >= 0.3 is 0 Å². The summed E-state index contributed by atoms with van der Waals surface area (Å²) in [6.07, 6.45) is 3.28. The molecule has 0 aliphatic carbocycles. The van der Waals surface area contributed by atoms with Crippen LogP contribution in [0.15, 0.2) is 35.2 Å². The number of imidazole rings is 1. The summed E-state index contributed by atoms with van der Waals surface area (Å²) in [6, 6.07) is 5.70. The molecule has 1 aromatic carbocycles. The molecule has 4 nitrogen and oxygen atoms in total. The highest BCUT2D eigenvalue weighted by Gasteiger charge is 2.10. The maximum Gasteiger partial charge on any atom is 0.275 e. The number of hydrogen-bond donors (Lipinski definition) is 1. The van der Waals surface area contributed by atoms with E-state index in [1.807, 2.05) is 32.2 Å². The number of halogens is 1. The van der Waals surface area contributed by atoms with E-state index in [0.717, 1.165) is 15.7 Å². The van der Waals surface area contributed by atoms with Crippen molar-refractivity contribution in [2.75, 3.05) is 5.32 Å². The van der Waals surface area contributed by atoms with E-state index in [1.54, 1.807) is 17.1 Å². The van der Waals surface area contributed by atoms with E-state index in [-0.39, 0.29) is 5.91 Å². The third-order valence-electron chi connectivity index (χ3n) is 2.37. The van der Waals surface area contributed by atoms with Crippen molar-refractivity contribution in [3.63, 3.8) is 0 Å². The Morgan fingerprint density at radius 2 is 2.24 bits per heavy atom. The number of aromatic nitrogens is 2. The topological polar surface area (TPSA) is 46.9 Å². The van der Waals surface area contributed by atoms with Crippen LogP contribution in [0.4, 0.5) is 5.69 Å². The van der Waals surface area contributed by atoms with E-state index in [1.165, 1.54) is 0 Å². The van der Waals surface area contributed by atoms with Gasteiger partial charge in [0.25, 0.3) is 5.91 Å². The van der Waals surface area contributed by atoms with Gasteiger partial charge in [-0.2, -0.15) is 0 Å². The van der Waals surface area contributed by atoms with Gasteiger partial charge in [-0.25, -0.2) is 4.98 Å². The minimum Gasteiger partial charge on any atom is -0.340 e. The van der Waals surface area contributed by atoms with Crippen LogP contribution in [0.5, 0.6) is 0 Å². The zero-order valence-corrected chi connectivity index (χ0v) is 11.2. The fourth-order valence-electron chi connectivity index (χ4n) is 1.48. The van der Waals surface area contributed by atoms with E-state index < -0.39 is 0 Å². The molecule has 88 valence electrons. The van der Waals surface area contributed by atoms with Gasteiger partial charge in [-0.3, -0.25) is 4.79 Å². The van der Waals surface area contributed by atoms with Crippen molar-refractivity contribution >= 4 is 27.5 Å². The van der Waals surface area contributed by atoms with Crippen LogP contribution in [0.2, 0.25) is 0 Å². The number of benzene rings is 1. The highest BCUT2D eigenvalue weighted by molar-refractivity contribution is 9.10. The average Bonchev–Trinajstić information content (AvgIpc) is 2.69. The molecule has 0 saturated carbocycles. The van der Waals surface area contributed by atoms with E-state index in [0.29, 0.717) is 5.69 Å². The summed E-state index contributed by atoms with van der Waals surface area (Å²) >= 11 is 3.38. The van der Waals surface area contributed by atoms with E-state index in [9.17, 15) is 4.79 Å². The molecule has 0 radical (unpaired) electrons. The lowest BCUT2D eigenvalue weighted by Gasteiger charge is -2.07. The minimum atomic E-state index is -0.198. The van der Waals surface area contributed by atoms with Gasteiger partial charge in [0.15, 0.2) is 0 Å². The lowest BCUT2D eigenvalue weighted by atomic mass is 10.2. The molecule has 0 spiro atoms. The van der Waals surface area contributed by atoms with Crippen LogP contribution in [-0.2, 0) is 7.05 Å². The van der Waals surface area contributed by atoms with Gasteiger partial charge in [0.1, 0.15) is 5.69 Å². The molecule has 1 aromatic heterocycles. The van der Waals surface area contributed by atoms with Crippen molar-refractivity contribution in [2.24, 2.45) is 7.05 Å². The molecule has 0 aliphatic rings. The molecule has 1 N–H and O–H groups in total. The SMILES string of the molecule is Cc1cc(Br)ccc1NC(=O)c1cn(C)cn1. The Hall–Kier alpha value is -1.62. The van der Waals surface area contributed by atoms with Gasteiger partial charge in [-0.05, 0) is 30.7 Å². The summed E-state index contributed by atoms with van der Waals surface area (Å²) in [5.41, 5.74) is 2.21. The second-order valence-corrected chi connectivity index (χ2v) is 4.75. The van der Waals surface area contributed by atoms with Gasteiger partial charge in [0.05, 0.1) is 6.33 Å². The van der Waals surface area contributed by atoms with Crippen molar-refractivity contribution in [2.45, 2.75) is 6.92 Å². The molecule has 0 atom stereocenters. The number of carbonyl (C=O) groups is 1. The van der Waals surface area contributed by atoms with Gasteiger partial charge in [0, 0.05) is 23.4 Å². The number of anilines is 1. The number of amides is 1. The Bertz CT molecular complexity index is 563. The molecular formula is C12H12BrN3O. The summed E-state index contributed by atoms with van der Waals surface area (Å²) in [5.74, 6) is -0.198. The zero-order chi connectivity index (χ0) is 12.4. The lowest BCUT2D eigenvalue weighted by Crippen LogP contribution is -2.13. The molecule has 0 fully saturated rings. The molecule has 2 rings (SSSR count). The summed E-state index contributed by atoms with van der Waals surface area (Å²) in [4.78, 5) is 15.9. The van der Waals surface area contributed by atoms with Crippen molar-refractivity contribution in [3.05, 3.63) is 46.5 Å². The summed E-state index contributed by atoms with van der Waals surface area (Å²) in [6.45, 7) is 1.94. The summed E-state index contributed by atoms with van der Waals surface area (Å²) < 4.78 is 2.73. The van der Waals surface area contributed by atoms with Crippen LogP contribution in [-0.4, -0.2) is 15.5 Å². The van der Waals surface area contributed by atoms with Gasteiger partial charge in [-0.1, -0.05) is 15.9 Å². The van der Waals surface area contributed by atoms with E-state index in [2.05, 4.69) is 26.2 Å². The van der Waals surface area contributed by atoms with Crippen LogP contribution >= 0.6 is 15.9 Å².